The fraction of sp³-hybridized carbons (Fsp3) is 0.300. The van der Waals surface area contributed by atoms with Crippen LogP contribution in [-0.4, -0.2) is 19.5 Å². The molecule has 1 heterocycles. The Morgan fingerprint density at radius 1 is 1.40 bits per heavy atom. The van der Waals surface area contributed by atoms with Gasteiger partial charge in [0.25, 0.3) is 0 Å². The molecule has 0 saturated carbocycles. The minimum absolute atomic E-state index is 0.0360. The van der Waals surface area contributed by atoms with Crippen LogP contribution in [0, 0.1) is 5.82 Å². The van der Waals surface area contributed by atoms with Crippen molar-refractivity contribution in [2.75, 3.05) is 13.2 Å². The van der Waals surface area contributed by atoms with Crippen molar-refractivity contribution in [2.45, 2.75) is 6.42 Å². The third kappa shape index (κ3) is 1.84. The van der Waals surface area contributed by atoms with Crippen LogP contribution in [0.2, 0.25) is 0 Å². The third-order valence-electron chi connectivity index (χ3n) is 2.08. The monoisotopic (exact) mass is 274 g/mol. The summed E-state index contributed by atoms with van der Waals surface area (Å²) in [7, 11) is 0. The van der Waals surface area contributed by atoms with Crippen LogP contribution in [0.15, 0.2) is 10.5 Å². The number of fused-ring (bicyclic) bond motifs is 1. The Kier molecular flexibility index (Phi) is 2.90. The number of ether oxygens (including phenoxy) is 2. The van der Waals surface area contributed by atoms with Gasteiger partial charge in [-0.25, -0.2) is 4.39 Å². The summed E-state index contributed by atoms with van der Waals surface area (Å²) < 4.78 is 24.3. The van der Waals surface area contributed by atoms with Crippen molar-refractivity contribution in [3.05, 3.63) is 21.9 Å². The molecule has 2 rings (SSSR count). The van der Waals surface area contributed by atoms with E-state index in [0.29, 0.717) is 31.0 Å². The number of carbonyl (C=O) groups excluding carboxylic acids is 1. The molecule has 5 heteroatoms. The Balaban J connectivity index is 2.58. The third-order valence-corrected chi connectivity index (χ3v) is 2.78. The van der Waals surface area contributed by atoms with Crippen molar-refractivity contribution in [1.29, 1.82) is 0 Å². The lowest BCUT2D eigenvalue weighted by atomic mass is 10.2. The minimum atomic E-state index is -0.616. The predicted molar refractivity (Wildman–Crippen MR) is 55.1 cm³/mol. The lowest BCUT2D eigenvalue weighted by molar-refractivity contribution is 0.111. The molecule has 0 atom stereocenters. The maximum Gasteiger partial charge on any atom is 0.178 e. The summed E-state index contributed by atoms with van der Waals surface area (Å²) in [5.41, 5.74) is -0.0360. The molecule has 0 amide bonds. The number of hydrogen-bond acceptors (Lipinski definition) is 3. The van der Waals surface area contributed by atoms with E-state index >= 15 is 0 Å². The largest absolute Gasteiger partial charge is 0.489 e. The summed E-state index contributed by atoms with van der Waals surface area (Å²) in [6.45, 7) is 0.981. The molecular formula is C10H8BrFO3. The van der Waals surface area contributed by atoms with Crippen LogP contribution in [0.1, 0.15) is 16.8 Å². The first kappa shape index (κ1) is 10.4. The Hall–Kier alpha value is -1.10. The zero-order chi connectivity index (χ0) is 10.8. The summed E-state index contributed by atoms with van der Waals surface area (Å²) in [6, 6.07) is 1.35. The highest BCUT2D eigenvalue weighted by molar-refractivity contribution is 9.10. The molecule has 1 aromatic rings. The normalized spacial score (nSPS) is 14.5. The second kappa shape index (κ2) is 4.18. The van der Waals surface area contributed by atoms with Gasteiger partial charge >= 0.3 is 0 Å². The molecule has 1 aromatic carbocycles. The molecule has 0 aliphatic carbocycles. The molecule has 0 N–H and O–H groups in total. The first-order valence-electron chi connectivity index (χ1n) is 4.47. The van der Waals surface area contributed by atoms with Crippen molar-refractivity contribution in [2.24, 2.45) is 0 Å². The molecule has 0 saturated heterocycles. The molecule has 0 spiro atoms. The van der Waals surface area contributed by atoms with Gasteiger partial charge in [-0.1, -0.05) is 0 Å². The zero-order valence-electron chi connectivity index (χ0n) is 7.76. The van der Waals surface area contributed by atoms with E-state index in [-0.39, 0.29) is 10.0 Å². The summed E-state index contributed by atoms with van der Waals surface area (Å²) >= 11 is 3.05. The molecule has 1 aliphatic rings. The van der Waals surface area contributed by atoms with E-state index < -0.39 is 5.82 Å². The Morgan fingerprint density at radius 2 is 2.13 bits per heavy atom. The quantitative estimate of drug-likeness (QED) is 0.739. The van der Waals surface area contributed by atoms with Gasteiger partial charge in [0.05, 0.1) is 23.2 Å². The van der Waals surface area contributed by atoms with Gasteiger partial charge in [0.15, 0.2) is 23.6 Å². The van der Waals surface area contributed by atoms with Crippen molar-refractivity contribution >= 4 is 22.2 Å². The highest BCUT2D eigenvalue weighted by Gasteiger charge is 2.20. The average molecular weight is 275 g/mol. The Morgan fingerprint density at radius 3 is 2.87 bits per heavy atom. The van der Waals surface area contributed by atoms with Crippen LogP contribution >= 0.6 is 15.9 Å². The van der Waals surface area contributed by atoms with E-state index in [1.54, 1.807) is 0 Å². The number of rotatable bonds is 1. The van der Waals surface area contributed by atoms with E-state index in [0.717, 1.165) is 6.42 Å². The van der Waals surface area contributed by atoms with Gasteiger partial charge in [0.2, 0.25) is 0 Å². The molecule has 1 aliphatic heterocycles. The molecule has 3 nitrogen and oxygen atoms in total. The van der Waals surface area contributed by atoms with Crippen LogP contribution in [0.3, 0.4) is 0 Å². The van der Waals surface area contributed by atoms with Crippen LogP contribution in [0.25, 0.3) is 0 Å². The standard InChI is InChI=1S/C10H8BrFO3/c11-8-9(12)6(5-13)4-7-10(8)15-3-1-2-14-7/h4-5H,1-3H2. The first-order valence-corrected chi connectivity index (χ1v) is 5.26. The van der Waals surface area contributed by atoms with E-state index in [2.05, 4.69) is 15.9 Å². The summed E-state index contributed by atoms with van der Waals surface area (Å²) in [6.07, 6.45) is 1.19. The fourth-order valence-electron chi connectivity index (χ4n) is 1.35. The van der Waals surface area contributed by atoms with Gasteiger partial charge in [-0.2, -0.15) is 0 Å². The van der Waals surface area contributed by atoms with Crippen LogP contribution in [0.5, 0.6) is 11.5 Å². The van der Waals surface area contributed by atoms with Gasteiger partial charge in [0.1, 0.15) is 0 Å². The second-order valence-electron chi connectivity index (χ2n) is 3.09. The van der Waals surface area contributed by atoms with Crippen LogP contribution in [0.4, 0.5) is 4.39 Å². The predicted octanol–water partition coefficient (Wildman–Crippen LogP) is 2.56. The highest BCUT2D eigenvalue weighted by atomic mass is 79.9. The van der Waals surface area contributed by atoms with Crippen molar-refractivity contribution in [3.8, 4) is 11.5 Å². The number of aldehydes is 1. The van der Waals surface area contributed by atoms with Gasteiger partial charge in [-0.3, -0.25) is 4.79 Å². The van der Waals surface area contributed by atoms with Gasteiger partial charge < -0.3 is 9.47 Å². The molecule has 80 valence electrons. The summed E-state index contributed by atoms with van der Waals surface area (Å²) in [5.74, 6) is 0.118. The molecule has 0 bridgehead atoms. The van der Waals surface area contributed by atoms with E-state index in [1.807, 2.05) is 0 Å². The highest BCUT2D eigenvalue weighted by Crippen LogP contribution is 2.39. The maximum atomic E-state index is 13.5. The van der Waals surface area contributed by atoms with Crippen molar-refractivity contribution < 1.29 is 18.7 Å². The first-order chi connectivity index (χ1) is 7.24. The molecule has 15 heavy (non-hydrogen) atoms. The second-order valence-corrected chi connectivity index (χ2v) is 3.88. The molecule has 0 radical (unpaired) electrons. The Labute approximate surface area is 94.3 Å². The maximum absolute atomic E-state index is 13.5. The molecule has 0 fully saturated rings. The lowest BCUT2D eigenvalue weighted by Gasteiger charge is -2.10. The van der Waals surface area contributed by atoms with Crippen molar-refractivity contribution in [3.63, 3.8) is 0 Å². The molecule has 0 aromatic heterocycles. The topological polar surface area (TPSA) is 35.5 Å². The van der Waals surface area contributed by atoms with E-state index in [4.69, 9.17) is 9.47 Å². The van der Waals surface area contributed by atoms with Gasteiger partial charge in [-0.05, 0) is 22.0 Å². The number of halogens is 2. The number of carbonyl (C=O) groups is 1. The Bertz CT molecular complexity index is 406. The van der Waals surface area contributed by atoms with Crippen LogP contribution in [-0.2, 0) is 0 Å². The smallest absolute Gasteiger partial charge is 0.178 e. The fourth-order valence-corrected chi connectivity index (χ4v) is 1.89. The molecular weight excluding hydrogens is 267 g/mol. The lowest BCUT2D eigenvalue weighted by Crippen LogP contribution is -1.98. The molecule has 0 unspecified atom stereocenters. The number of benzene rings is 1. The number of hydrogen-bond donors (Lipinski definition) is 0. The summed E-state index contributed by atoms with van der Waals surface area (Å²) in [5, 5.41) is 0. The average Bonchev–Trinajstić information content (AvgIpc) is 2.48. The van der Waals surface area contributed by atoms with Crippen LogP contribution < -0.4 is 9.47 Å². The van der Waals surface area contributed by atoms with Crippen molar-refractivity contribution in [1.82, 2.24) is 0 Å². The van der Waals surface area contributed by atoms with Gasteiger partial charge in [0, 0.05) is 6.42 Å². The minimum Gasteiger partial charge on any atom is -0.489 e. The van der Waals surface area contributed by atoms with E-state index in [1.165, 1.54) is 6.07 Å². The van der Waals surface area contributed by atoms with Gasteiger partial charge in [-0.15, -0.1) is 0 Å². The summed E-state index contributed by atoms with van der Waals surface area (Å²) in [4.78, 5) is 10.6. The zero-order valence-corrected chi connectivity index (χ0v) is 9.34. The SMILES string of the molecule is O=Cc1cc2c(c(Br)c1F)OCCCO2. The van der Waals surface area contributed by atoms with E-state index in [9.17, 15) is 9.18 Å².